The van der Waals surface area contributed by atoms with Crippen molar-refractivity contribution in [3.63, 3.8) is 0 Å². The highest BCUT2D eigenvalue weighted by Gasteiger charge is 2.20. The molecule has 0 saturated heterocycles. The van der Waals surface area contributed by atoms with Crippen LogP contribution in [-0.4, -0.2) is 18.0 Å². The van der Waals surface area contributed by atoms with Gasteiger partial charge in [-0.05, 0) is 40.5 Å². The molecule has 4 N–H and O–H groups in total. The monoisotopic (exact) mass is 300 g/mol. The predicted molar refractivity (Wildman–Crippen MR) is 67.2 cm³/mol. The third-order valence-corrected chi connectivity index (χ3v) is 2.84. The SMILES string of the molecule is CCC(OC(=O)c1cc(N)ccc1Br)C(N)=O. The van der Waals surface area contributed by atoms with Crippen molar-refractivity contribution in [3.8, 4) is 0 Å². The van der Waals surface area contributed by atoms with E-state index in [9.17, 15) is 9.59 Å². The van der Waals surface area contributed by atoms with Crippen molar-refractivity contribution >= 4 is 33.5 Å². The van der Waals surface area contributed by atoms with Crippen LogP contribution >= 0.6 is 15.9 Å². The topological polar surface area (TPSA) is 95.4 Å². The van der Waals surface area contributed by atoms with Gasteiger partial charge >= 0.3 is 5.97 Å². The number of esters is 1. The van der Waals surface area contributed by atoms with Gasteiger partial charge in [0.1, 0.15) is 0 Å². The number of benzene rings is 1. The molecule has 0 aliphatic carbocycles. The number of amides is 1. The van der Waals surface area contributed by atoms with Crippen LogP contribution in [0.15, 0.2) is 22.7 Å². The number of carbonyl (C=O) groups excluding carboxylic acids is 2. The van der Waals surface area contributed by atoms with E-state index in [0.717, 1.165) is 0 Å². The first kappa shape index (κ1) is 13.5. The van der Waals surface area contributed by atoms with E-state index >= 15 is 0 Å². The molecule has 0 fully saturated rings. The number of carbonyl (C=O) groups is 2. The fraction of sp³-hybridized carbons (Fsp3) is 0.273. The quantitative estimate of drug-likeness (QED) is 0.650. The molecule has 5 nitrogen and oxygen atoms in total. The van der Waals surface area contributed by atoms with Crippen LogP contribution in [0.5, 0.6) is 0 Å². The second kappa shape index (κ2) is 5.67. The second-order valence-electron chi connectivity index (χ2n) is 3.44. The average Bonchev–Trinajstić information content (AvgIpc) is 2.28. The molecule has 1 aromatic carbocycles. The van der Waals surface area contributed by atoms with Gasteiger partial charge in [0.25, 0.3) is 5.91 Å². The zero-order valence-electron chi connectivity index (χ0n) is 9.27. The van der Waals surface area contributed by atoms with Crippen LogP contribution < -0.4 is 11.5 Å². The third-order valence-electron chi connectivity index (χ3n) is 2.15. The molecule has 0 aromatic heterocycles. The molecule has 1 aromatic rings. The Bertz CT molecular complexity index is 448. The highest BCUT2D eigenvalue weighted by Crippen LogP contribution is 2.21. The van der Waals surface area contributed by atoms with Crippen molar-refractivity contribution in [3.05, 3.63) is 28.2 Å². The Balaban J connectivity index is 2.89. The highest BCUT2D eigenvalue weighted by molar-refractivity contribution is 9.10. The lowest BCUT2D eigenvalue weighted by Gasteiger charge is -2.13. The maximum Gasteiger partial charge on any atom is 0.340 e. The van der Waals surface area contributed by atoms with Gasteiger partial charge in [-0.1, -0.05) is 6.92 Å². The van der Waals surface area contributed by atoms with Crippen molar-refractivity contribution in [1.29, 1.82) is 0 Å². The van der Waals surface area contributed by atoms with Crippen LogP contribution in [0.4, 0.5) is 5.69 Å². The van der Waals surface area contributed by atoms with Gasteiger partial charge in [0.15, 0.2) is 6.10 Å². The molecule has 0 bridgehead atoms. The number of nitrogen functional groups attached to an aromatic ring is 1. The van der Waals surface area contributed by atoms with Crippen LogP contribution in [0.3, 0.4) is 0 Å². The van der Waals surface area contributed by atoms with Gasteiger partial charge in [0, 0.05) is 10.2 Å². The zero-order valence-corrected chi connectivity index (χ0v) is 10.9. The number of hydrogen-bond donors (Lipinski definition) is 2. The van der Waals surface area contributed by atoms with Gasteiger partial charge in [-0.2, -0.15) is 0 Å². The largest absolute Gasteiger partial charge is 0.449 e. The molecule has 0 aliphatic heterocycles. The number of primary amides is 1. The Labute approximate surface area is 107 Å². The average molecular weight is 301 g/mol. The van der Waals surface area contributed by atoms with Gasteiger partial charge in [0.2, 0.25) is 0 Å². The van der Waals surface area contributed by atoms with Gasteiger partial charge < -0.3 is 16.2 Å². The molecule has 1 amide bonds. The van der Waals surface area contributed by atoms with Crippen LogP contribution in [0.1, 0.15) is 23.7 Å². The fourth-order valence-electron chi connectivity index (χ4n) is 1.23. The summed E-state index contributed by atoms with van der Waals surface area (Å²) in [6, 6.07) is 4.75. The van der Waals surface area contributed by atoms with E-state index in [0.29, 0.717) is 16.6 Å². The van der Waals surface area contributed by atoms with E-state index in [2.05, 4.69) is 15.9 Å². The van der Waals surface area contributed by atoms with Crippen LogP contribution in [0, 0.1) is 0 Å². The maximum absolute atomic E-state index is 11.8. The van der Waals surface area contributed by atoms with E-state index in [1.165, 1.54) is 6.07 Å². The molecule has 1 atom stereocenters. The molecule has 1 rings (SSSR count). The van der Waals surface area contributed by atoms with E-state index in [4.69, 9.17) is 16.2 Å². The standard InChI is InChI=1S/C11H13BrN2O3/c1-2-9(10(14)15)17-11(16)7-5-6(13)3-4-8(7)12/h3-5,9H,2,13H2,1H3,(H2,14,15). The van der Waals surface area contributed by atoms with E-state index in [1.54, 1.807) is 19.1 Å². The number of ether oxygens (including phenoxy) is 1. The van der Waals surface area contributed by atoms with Crippen molar-refractivity contribution in [1.82, 2.24) is 0 Å². The molecule has 0 spiro atoms. The third kappa shape index (κ3) is 3.45. The van der Waals surface area contributed by atoms with Crippen LogP contribution in [0.25, 0.3) is 0 Å². The smallest absolute Gasteiger partial charge is 0.340 e. The van der Waals surface area contributed by atoms with Crippen molar-refractivity contribution in [2.24, 2.45) is 5.73 Å². The number of halogens is 1. The Morgan fingerprint density at radius 3 is 2.65 bits per heavy atom. The Morgan fingerprint density at radius 2 is 2.12 bits per heavy atom. The molecule has 17 heavy (non-hydrogen) atoms. The molecule has 92 valence electrons. The molecule has 0 heterocycles. The maximum atomic E-state index is 11.8. The summed E-state index contributed by atoms with van der Waals surface area (Å²) in [5.41, 5.74) is 11.4. The Hall–Kier alpha value is -1.56. The van der Waals surface area contributed by atoms with Gasteiger partial charge in [-0.3, -0.25) is 4.79 Å². The van der Waals surface area contributed by atoms with Gasteiger partial charge in [-0.15, -0.1) is 0 Å². The summed E-state index contributed by atoms with van der Waals surface area (Å²) >= 11 is 3.21. The first-order chi connectivity index (χ1) is 7.95. The molecule has 1 unspecified atom stereocenters. The summed E-state index contributed by atoms with van der Waals surface area (Å²) in [5.74, 6) is -1.30. The summed E-state index contributed by atoms with van der Waals surface area (Å²) in [6.45, 7) is 1.71. The lowest BCUT2D eigenvalue weighted by Crippen LogP contribution is -2.32. The first-order valence-corrected chi connectivity index (χ1v) is 5.80. The summed E-state index contributed by atoms with van der Waals surface area (Å²) in [6.07, 6.45) is -0.586. The van der Waals surface area contributed by atoms with E-state index < -0.39 is 18.0 Å². The van der Waals surface area contributed by atoms with E-state index in [1.807, 2.05) is 0 Å². The zero-order chi connectivity index (χ0) is 13.0. The number of rotatable bonds is 4. The summed E-state index contributed by atoms with van der Waals surface area (Å²) < 4.78 is 5.54. The predicted octanol–water partition coefficient (Wildman–Crippen LogP) is 1.45. The summed E-state index contributed by atoms with van der Waals surface area (Å²) in [4.78, 5) is 22.7. The minimum absolute atomic E-state index is 0.268. The molecule has 0 aliphatic rings. The molecule has 6 heteroatoms. The minimum atomic E-state index is -0.921. The van der Waals surface area contributed by atoms with Crippen molar-refractivity contribution in [2.75, 3.05) is 5.73 Å². The molecular formula is C11H13BrN2O3. The summed E-state index contributed by atoms with van der Waals surface area (Å²) in [7, 11) is 0. The first-order valence-electron chi connectivity index (χ1n) is 5.01. The van der Waals surface area contributed by atoms with Gasteiger partial charge in [0.05, 0.1) is 5.56 Å². The fourth-order valence-corrected chi connectivity index (χ4v) is 1.64. The lowest BCUT2D eigenvalue weighted by atomic mass is 10.2. The van der Waals surface area contributed by atoms with Gasteiger partial charge in [-0.25, -0.2) is 4.79 Å². The Kier molecular flexibility index (Phi) is 4.51. The molecule has 0 saturated carbocycles. The normalized spacial score (nSPS) is 11.9. The second-order valence-corrected chi connectivity index (χ2v) is 4.30. The molecule has 0 radical (unpaired) electrons. The number of hydrogen-bond acceptors (Lipinski definition) is 4. The van der Waals surface area contributed by atoms with Crippen molar-refractivity contribution in [2.45, 2.75) is 19.4 Å². The van der Waals surface area contributed by atoms with E-state index in [-0.39, 0.29) is 5.56 Å². The summed E-state index contributed by atoms with van der Waals surface area (Å²) in [5, 5.41) is 0. The number of nitrogens with two attached hydrogens (primary N) is 2. The van der Waals surface area contributed by atoms with Crippen LogP contribution in [-0.2, 0) is 9.53 Å². The highest BCUT2D eigenvalue weighted by atomic mass is 79.9. The Morgan fingerprint density at radius 1 is 1.47 bits per heavy atom. The van der Waals surface area contributed by atoms with Crippen molar-refractivity contribution < 1.29 is 14.3 Å². The number of anilines is 1. The van der Waals surface area contributed by atoms with Crippen LogP contribution in [0.2, 0.25) is 0 Å². The minimum Gasteiger partial charge on any atom is -0.449 e. The molecular weight excluding hydrogens is 288 g/mol. The lowest BCUT2D eigenvalue weighted by molar-refractivity contribution is -0.126.